The fraction of sp³-hybridized carbons (Fsp3) is 0.435. The maximum atomic E-state index is 14.3. The monoisotopic (exact) mass is 456 g/mol. The first-order chi connectivity index (χ1) is 16.2. The second kappa shape index (κ2) is 10.6. The van der Waals surface area contributed by atoms with Gasteiger partial charge in [0, 0.05) is 33.3 Å². The third-order valence-electron chi connectivity index (χ3n) is 5.91. The summed E-state index contributed by atoms with van der Waals surface area (Å²) in [6.45, 7) is 3.83. The molecule has 0 spiro atoms. The smallest absolute Gasteiger partial charge is 0.173 e. The molecule has 4 rings (SSSR count). The minimum absolute atomic E-state index is 0.203. The highest BCUT2D eigenvalue weighted by atomic mass is 19.1. The fourth-order valence-electron chi connectivity index (χ4n) is 4.22. The number of aromatic nitrogens is 4. The second-order valence-electron chi connectivity index (χ2n) is 7.74. The molecule has 0 aliphatic carbocycles. The number of piperazine rings is 1. The Morgan fingerprint density at radius 2 is 1.73 bits per heavy atom. The van der Waals surface area contributed by atoms with Gasteiger partial charge in [0.1, 0.15) is 5.82 Å². The van der Waals surface area contributed by atoms with Gasteiger partial charge in [0.2, 0.25) is 0 Å². The predicted octanol–water partition coefficient (Wildman–Crippen LogP) is 2.39. The van der Waals surface area contributed by atoms with Gasteiger partial charge >= 0.3 is 0 Å². The Bertz CT molecular complexity index is 1050. The number of methoxy groups -OCH3 is 3. The molecule has 33 heavy (non-hydrogen) atoms. The molecular weight excluding hydrogens is 427 g/mol. The molecule has 2 aromatic carbocycles. The minimum atomic E-state index is -0.209. The average Bonchev–Trinajstić information content (AvgIpc) is 3.31. The summed E-state index contributed by atoms with van der Waals surface area (Å²) in [5.41, 5.74) is 1.62. The molecule has 1 atom stereocenters. The van der Waals surface area contributed by atoms with Crippen molar-refractivity contribution in [2.75, 3.05) is 59.0 Å². The van der Waals surface area contributed by atoms with Gasteiger partial charge in [0.25, 0.3) is 0 Å². The van der Waals surface area contributed by atoms with Crippen molar-refractivity contribution in [3.8, 4) is 11.5 Å². The summed E-state index contributed by atoms with van der Waals surface area (Å²) in [5.74, 6) is 1.81. The Balaban J connectivity index is 1.64. The van der Waals surface area contributed by atoms with Crippen LogP contribution < -0.4 is 14.4 Å². The SMILES string of the molecule is COCCn1nnnc1C(c1ccc(OC)c(OC)c1)N1CCN(c2ccccc2F)CC1. The summed E-state index contributed by atoms with van der Waals surface area (Å²) >= 11 is 0. The van der Waals surface area contributed by atoms with E-state index in [1.165, 1.54) is 6.07 Å². The maximum absolute atomic E-state index is 14.3. The molecule has 0 amide bonds. The summed E-state index contributed by atoms with van der Waals surface area (Å²) < 4.78 is 32.3. The zero-order valence-corrected chi connectivity index (χ0v) is 19.1. The lowest BCUT2D eigenvalue weighted by Crippen LogP contribution is -2.48. The van der Waals surface area contributed by atoms with Crippen molar-refractivity contribution in [3.05, 3.63) is 59.7 Å². The number of tetrazole rings is 1. The van der Waals surface area contributed by atoms with Crippen molar-refractivity contribution >= 4 is 5.69 Å². The summed E-state index contributed by atoms with van der Waals surface area (Å²) in [6, 6.07) is 12.5. The average molecular weight is 457 g/mol. The van der Waals surface area contributed by atoms with Gasteiger partial charge in [-0.05, 0) is 40.3 Å². The molecule has 0 N–H and O–H groups in total. The first kappa shape index (κ1) is 22.9. The summed E-state index contributed by atoms with van der Waals surface area (Å²) in [5, 5.41) is 12.5. The summed E-state index contributed by atoms with van der Waals surface area (Å²) in [4.78, 5) is 4.39. The van der Waals surface area contributed by atoms with Crippen LogP contribution in [0.3, 0.4) is 0 Å². The molecule has 1 saturated heterocycles. The van der Waals surface area contributed by atoms with Gasteiger partial charge < -0.3 is 19.1 Å². The Kier molecular flexibility index (Phi) is 7.36. The van der Waals surface area contributed by atoms with E-state index in [0.29, 0.717) is 56.5 Å². The van der Waals surface area contributed by atoms with Crippen LogP contribution in [0.25, 0.3) is 0 Å². The van der Waals surface area contributed by atoms with Gasteiger partial charge in [-0.3, -0.25) is 4.90 Å². The van der Waals surface area contributed by atoms with E-state index in [1.54, 1.807) is 32.1 Å². The minimum Gasteiger partial charge on any atom is -0.493 e. The fourth-order valence-corrected chi connectivity index (χ4v) is 4.22. The van der Waals surface area contributed by atoms with Gasteiger partial charge in [0.15, 0.2) is 17.3 Å². The molecular formula is C23H29FN6O3. The standard InChI is InChI=1S/C23H29FN6O3/c1-31-15-14-30-23(25-26-27-30)22(17-8-9-20(32-2)21(16-17)33-3)29-12-10-28(11-13-29)19-7-5-4-6-18(19)24/h4-9,16,22H,10-15H2,1-3H3. The van der Waals surface area contributed by atoms with Crippen LogP contribution in [-0.4, -0.2) is 79.2 Å². The number of hydrogen-bond acceptors (Lipinski definition) is 8. The number of ether oxygens (including phenoxy) is 3. The van der Waals surface area contributed by atoms with Gasteiger partial charge in [-0.15, -0.1) is 5.10 Å². The van der Waals surface area contributed by atoms with Crippen LogP contribution in [0.2, 0.25) is 0 Å². The first-order valence-electron chi connectivity index (χ1n) is 10.9. The van der Waals surface area contributed by atoms with E-state index >= 15 is 0 Å². The van der Waals surface area contributed by atoms with Crippen molar-refractivity contribution in [2.45, 2.75) is 12.6 Å². The Morgan fingerprint density at radius 3 is 2.42 bits per heavy atom. The molecule has 1 fully saturated rings. The Morgan fingerprint density at radius 1 is 0.970 bits per heavy atom. The van der Waals surface area contributed by atoms with E-state index < -0.39 is 0 Å². The van der Waals surface area contributed by atoms with E-state index in [9.17, 15) is 4.39 Å². The molecule has 176 valence electrons. The molecule has 3 aromatic rings. The van der Waals surface area contributed by atoms with Crippen molar-refractivity contribution in [1.82, 2.24) is 25.1 Å². The van der Waals surface area contributed by atoms with Crippen molar-refractivity contribution < 1.29 is 18.6 Å². The number of nitrogens with zero attached hydrogens (tertiary/aromatic N) is 6. The van der Waals surface area contributed by atoms with Gasteiger partial charge in [-0.2, -0.15) is 0 Å². The number of halogens is 1. The van der Waals surface area contributed by atoms with Crippen molar-refractivity contribution in [2.24, 2.45) is 0 Å². The van der Waals surface area contributed by atoms with E-state index in [-0.39, 0.29) is 11.9 Å². The highest BCUT2D eigenvalue weighted by molar-refractivity contribution is 5.48. The topological polar surface area (TPSA) is 77.8 Å². The zero-order valence-electron chi connectivity index (χ0n) is 19.1. The summed E-state index contributed by atoms with van der Waals surface area (Å²) in [6.07, 6.45) is 0. The van der Waals surface area contributed by atoms with E-state index in [1.807, 2.05) is 30.3 Å². The largest absolute Gasteiger partial charge is 0.493 e. The number of hydrogen-bond donors (Lipinski definition) is 0. The van der Waals surface area contributed by atoms with E-state index in [2.05, 4.69) is 25.3 Å². The number of rotatable bonds is 9. The van der Waals surface area contributed by atoms with Crippen LogP contribution in [0.4, 0.5) is 10.1 Å². The van der Waals surface area contributed by atoms with Crippen molar-refractivity contribution in [1.29, 1.82) is 0 Å². The summed E-state index contributed by atoms with van der Waals surface area (Å²) in [7, 11) is 4.88. The molecule has 0 radical (unpaired) electrons. The van der Waals surface area contributed by atoms with Gasteiger partial charge in [-0.25, -0.2) is 9.07 Å². The zero-order chi connectivity index (χ0) is 23.2. The number of para-hydroxylation sites is 1. The third-order valence-corrected chi connectivity index (χ3v) is 5.91. The highest BCUT2D eigenvalue weighted by Crippen LogP contribution is 2.35. The molecule has 0 bridgehead atoms. The molecule has 1 aromatic heterocycles. The lowest BCUT2D eigenvalue weighted by Gasteiger charge is -2.40. The molecule has 1 unspecified atom stereocenters. The first-order valence-corrected chi connectivity index (χ1v) is 10.9. The lowest BCUT2D eigenvalue weighted by molar-refractivity contribution is 0.171. The highest BCUT2D eigenvalue weighted by Gasteiger charge is 2.31. The van der Waals surface area contributed by atoms with E-state index in [0.717, 1.165) is 11.4 Å². The molecule has 0 saturated carbocycles. The van der Waals surface area contributed by atoms with Crippen LogP contribution in [0.5, 0.6) is 11.5 Å². The van der Waals surface area contributed by atoms with Gasteiger partial charge in [-0.1, -0.05) is 18.2 Å². The van der Waals surface area contributed by atoms with Crippen LogP contribution in [-0.2, 0) is 11.3 Å². The van der Waals surface area contributed by atoms with Crippen LogP contribution in [0, 0.1) is 5.82 Å². The molecule has 2 heterocycles. The molecule has 9 nitrogen and oxygen atoms in total. The van der Waals surface area contributed by atoms with Gasteiger partial charge in [0.05, 0.1) is 39.1 Å². The molecule has 1 aliphatic rings. The number of anilines is 1. The van der Waals surface area contributed by atoms with E-state index in [4.69, 9.17) is 14.2 Å². The molecule has 10 heteroatoms. The maximum Gasteiger partial charge on any atom is 0.173 e. The quantitative estimate of drug-likeness (QED) is 0.486. The van der Waals surface area contributed by atoms with Crippen LogP contribution in [0.1, 0.15) is 17.4 Å². The number of benzene rings is 2. The Labute approximate surface area is 192 Å². The normalized spacial score (nSPS) is 15.5. The van der Waals surface area contributed by atoms with Crippen molar-refractivity contribution in [3.63, 3.8) is 0 Å². The van der Waals surface area contributed by atoms with Crippen LogP contribution in [0.15, 0.2) is 42.5 Å². The molecule has 1 aliphatic heterocycles. The third kappa shape index (κ3) is 4.91. The second-order valence-corrected chi connectivity index (χ2v) is 7.74. The predicted molar refractivity (Wildman–Crippen MR) is 121 cm³/mol. The lowest BCUT2D eigenvalue weighted by atomic mass is 10.0. The van der Waals surface area contributed by atoms with Crippen LogP contribution >= 0.6 is 0 Å². The Hall–Kier alpha value is -3.24.